The number of hydrogen-bond acceptors (Lipinski definition) is 5. The molecule has 0 aliphatic carbocycles. The van der Waals surface area contributed by atoms with Gasteiger partial charge < -0.3 is 14.7 Å². The van der Waals surface area contributed by atoms with Crippen LogP contribution in [0.1, 0.15) is 36.8 Å². The Balaban J connectivity index is 1.29. The van der Waals surface area contributed by atoms with E-state index < -0.39 is 0 Å². The fraction of sp³-hybridized carbons (Fsp3) is 0.522. The van der Waals surface area contributed by atoms with Crippen molar-refractivity contribution >= 4 is 17.5 Å². The molecule has 2 aliphatic rings. The van der Waals surface area contributed by atoms with Crippen molar-refractivity contribution in [2.24, 2.45) is 0 Å². The van der Waals surface area contributed by atoms with Crippen molar-refractivity contribution < 1.29 is 4.79 Å². The van der Waals surface area contributed by atoms with Crippen LogP contribution in [0.4, 0.5) is 11.6 Å². The molecule has 4 rings (SSSR count). The third-order valence-corrected chi connectivity index (χ3v) is 5.98. The van der Waals surface area contributed by atoms with Crippen molar-refractivity contribution in [2.75, 3.05) is 49.1 Å². The topological polar surface area (TPSA) is 52.6 Å². The highest BCUT2D eigenvalue weighted by molar-refractivity contribution is 5.76. The summed E-state index contributed by atoms with van der Waals surface area (Å²) in [6.07, 6.45) is 6.86. The van der Waals surface area contributed by atoms with Gasteiger partial charge in [0.05, 0.1) is 0 Å². The first-order valence-electron chi connectivity index (χ1n) is 10.8. The summed E-state index contributed by atoms with van der Waals surface area (Å²) >= 11 is 0. The van der Waals surface area contributed by atoms with Gasteiger partial charge in [0.25, 0.3) is 0 Å². The van der Waals surface area contributed by atoms with Gasteiger partial charge in [-0.05, 0) is 38.2 Å². The summed E-state index contributed by atoms with van der Waals surface area (Å²) < 4.78 is 0. The van der Waals surface area contributed by atoms with E-state index in [9.17, 15) is 4.79 Å². The summed E-state index contributed by atoms with van der Waals surface area (Å²) in [5, 5.41) is 0. The normalized spacial score (nSPS) is 17.5. The molecule has 0 radical (unpaired) electrons. The molecule has 2 fully saturated rings. The third-order valence-electron chi connectivity index (χ3n) is 5.98. The van der Waals surface area contributed by atoms with Gasteiger partial charge in [0.1, 0.15) is 18.0 Å². The Bertz CT molecular complexity index is 826. The Morgan fingerprint density at radius 2 is 1.59 bits per heavy atom. The molecule has 0 saturated carbocycles. The van der Waals surface area contributed by atoms with E-state index in [1.54, 1.807) is 6.33 Å². The lowest BCUT2D eigenvalue weighted by molar-refractivity contribution is -0.131. The second-order valence-corrected chi connectivity index (χ2v) is 8.14. The molecule has 1 amide bonds. The van der Waals surface area contributed by atoms with Crippen molar-refractivity contribution in [1.29, 1.82) is 0 Å². The van der Waals surface area contributed by atoms with Crippen molar-refractivity contribution in [3.8, 4) is 0 Å². The van der Waals surface area contributed by atoms with E-state index in [2.05, 4.69) is 57.0 Å². The van der Waals surface area contributed by atoms with Crippen LogP contribution in [0, 0.1) is 6.92 Å². The molecule has 2 aliphatic heterocycles. The Labute approximate surface area is 173 Å². The van der Waals surface area contributed by atoms with E-state index >= 15 is 0 Å². The lowest BCUT2D eigenvalue weighted by Gasteiger charge is -2.36. The second kappa shape index (κ2) is 9.25. The minimum Gasteiger partial charge on any atom is -0.356 e. The van der Waals surface area contributed by atoms with Gasteiger partial charge in [0.2, 0.25) is 5.91 Å². The fourth-order valence-corrected chi connectivity index (χ4v) is 4.27. The van der Waals surface area contributed by atoms with E-state index in [1.165, 1.54) is 30.4 Å². The zero-order valence-corrected chi connectivity index (χ0v) is 17.4. The number of nitrogens with zero attached hydrogens (tertiary/aromatic N) is 5. The number of anilines is 2. The quantitative estimate of drug-likeness (QED) is 0.781. The lowest BCUT2D eigenvalue weighted by atomic mass is 10.1. The number of benzene rings is 1. The van der Waals surface area contributed by atoms with Crippen LogP contribution in [-0.4, -0.2) is 60.0 Å². The van der Waals surface area contributed by atoms with Crippen molar-refractivity contribution in [3.63, 3.8) is 0 Å². The smallest absolute Gasteiger partial charge is 0.223 e. The summed E-state index contributed by atoms with van der Waals surface area (Å²) in [5.74, 6) is 2.27. The molecule has 2 aromatic rings. The third kappa shape index (κ3) is 5.05. The van der Waals surface area contributed by atoms with E-state index in [1.807, 2.05) is 4.90 Å². The van der Waals surface area contributed by atoms with Crippen molar-refractivity contribution in [1.82, 2.24) is 14.9 Å². The van der Waals surface area contributed by atoms with E-state index in [0.29, 0.717) is 6.42 Å². The zero-order valence-electron chi connectivity index (χ0n) is 17.4. The average Bonchev–Trinajstić information content (AvgIpc) is 2.78. The lowest BCUT2D eigenvalue weighted by Crippen LogP contribution is -2.49. The van der Waals surface area contributed by atoms with Crippen LogP contribution in [0.5, 0.6) is 0 Å². The van der Waals surface area contributed by atoms with Gasteiger partial charge in [-0.3, -0.25) is 4.79 Å². The number of piperidine rings is 1. The molecule has 0 N–H and O–H groups in total. The number of aromatic nitrogens is 2. The molecule has 29 heavy (non-hydrogen) atoms. The average molecular weight is 394 g/mol. The van der Waals surface area contributed by atoms with Crippen LogP contribution in [0.15, 0.2) is 36.7 Å². The SMILES string of the molecule is Cc1cccc(CCC(=O)N2CCN(c3cc(N4CCCCC4)ncn3)CC2)c1. The Morgan fingerprint density at radius 1 is 0.897 bits per heavy atom. The highest BCUT2D eigenvalue weighted by atomic mass is 16.2. The van der Waals surface area contributed by atoms with Crippen molar-refractivity contribution in [2.45, 2.75) is 39.0 Å². The number of amides is 1. The van der Waals surface area contributed by atoms with Gasteiger partial charge in [-0.15, -0.1) is 0 Å². The van der Waals surface area contributed by atoms with E-state index in [4.69, 9.17) is 0 Å². The van der Waals surface area contributed by atoms with Gasteiger partial charge in [0.15, 0.2) is 0 Å². The Morgan fingerprint density at radius 3 is 2.28 bits per heavy atom. The van der Waals surface area contributed by atoms with Gasteiger partial charge in [0, 0.05) is 51.8 Å². The Kier molecular flexibility index (Phi) is 6.27. The second-order valence-electron chi connectivity index (χ2n) is 8.14. The predicted molar refractivity (Wildman–Crippen MR) is 116 cm³/mol. The van der Waals surface area contributed by atoms with Crippen LogP contribution >= 0.6 is 0 Å². The molecule has 2 saturated heterocycles. The van der Waals surface area contributed by atoms with E-state index in [-0.39, 0.29) is 5.91 Å². The zero-order chi connectivity index (χ0) is 20.1. The van der Waals surface area contributed by atoms with Gasteiger partial charge in [-0.2, -0.15) is 0 Å². The molecular formula is C23H31N5O. The first-order valence-corrected chi connectivity index (χ1v) is 10.8. The molecule has 154 valence electrons. The summed E-state index contributed by atoms with van der Waals surface area (Å²) in [5.41, 5.74) is 2.49. The summed E-state index contributed by atoms with van der Waals surface area (Å²) in [6.45, 7) is 7.43. The minimum absolute atomic E-state index is 0.253. The minimum atomic E-state index is 0.253. The van der Waals surface area contributed by atoms with Gasteiger partial charge >= 0.3 is 0 Å². The number of carbonyl (C=O) groups is 1. The fourth-order valence-electron chi connectivity index (χ4n) is 4.27. The number of rotatable bonds is 5. The molecule has 0 spiro atoms. The molecule has 0 atom stereocenters. The largest absolute Gasteiger partial charge is 0.356 e. The number of aryl methyl sites for hydroxylation is 2. The molecule has 1 aromatic heterocycles. The Hall–Kier alpha value is -2.63. The van der Waals surface area contributed by atoms with Gasteiger partial charge in [-0.1, -0.05) is 29.8 Å². The van der Waals surface area contributed by atoms with Crippen molar-refractivity contribution in [3.05, 3.63) is 47.8 Å². The molecule has 0 bridgehead atoms. The first kappa shape index (κ1) is 19.7. The first-order chi connectivity index (χ1) is 14.2. The number of carbonyl (C=O) groups excluding carboxylic acids is 1. The van der Waals surface area contributed by atoms with Crippen LogP contribution in [0.2, 0.25) is 0 Å². The molecule has 6 nitrogen and oxygen atoms in total. The number of piperazine rings is 1. The monoisotopic (exact) mass is 393 g/mol. The maximum Gasteiger partial charge on any atom is 0.223 e. The number of hydrogen-bond donors (Lipinski definition) is 0. The van der Waals surface area contributed by atoms with Crippen LogP contribution in [0.25, 0.3) is 0 Å². The molecule has 1 aromatic carbocycles. The maximum atomic E-state index is 12.6. The predicted octanol–water partition coefficient (Wildman–Crippen LogP) is 3.06. The molecule has 0 unspecified atom stereocenters. The molecular weight excluding hydrogens is 362 g/mol. The highest BCUT2D eigenvalue weighted by Gasteiger charge is 2.22. The summed E-state index contributed by atoms with van der Waals surface area (Å²) in [4.78, 5) is 28.3. The highest BCUT2D eigenvalue weighted by Crippen LogP contribution is 2.22. The molecule has 6 heteroatoms. The molecule has 3 heterocycles. The van der Waals surface area contributed by atoms with Crippen LogP contribution < -0.4 is 9.80 Å². The van der Waals surface area contributed by atoms with E-state index in [0.717, 1.165) is 57.3 Å². The standard InChI is InChI=1S/C23H31N5O/c1-19-6-5-7-20(16-19)8-9-23(29)28-14-12-27(13-15-28)22-17-21(24-18-25-22)26-10-3-2-4-11-26/h5-7,16-18H,2-4,8-15H2,1H3. The summed E-state index contributed by atoms with van der Waals surface area (Å²) in [6, 6.07) is 10.5. The summed E-state index contributed by atoms with van der Waals surface area (Å²) in [7, 11) is 0. The van der Waals surface area contributed by atoms with Crippen LogP contribution in [0.3, 0.4) is 0 Å². The van der Waals surface area contributed by atoms with Crippen LogP contribution in [-0.2, 0) is 11.2 Å². The maximum absolute atomic E-state index is 12.6. The van der Waals surface area contributed by atoms with Gasteiger partial charge in [-0.25, -0.2) is 9.97 Å².